The number of thioether (sulfide) groups is 1. The third-order valence-corrected chi connectivity index (χ3v) is 3.75. The SMILES string of the molecule is NC(=S)Nc1c(Cl)cc(SC(F)(F)F)c(Cl)c1Cl. The van der Waals surface area contributed by atoms with Crippen molar-refractivity contribution in [1.82, 2.24) is 0 Å². The molecule has 0 atom stereocenters. The van der Waals surface area contributed by atoms with Crippen molar-refractivity contribution < 1.29 is 13.2 Å². The Morgan fingerprint density at radius 1 is 1.28 bits per heavy atom. The van der Waals surface area contributed by atoms with E-state index in [9.17, 15) is 13.2 Å². The van der Waals surface area contributed by atoms with Gasteiger partial charge >= 0.3 is 5.51 Å². The zero-order valence-electron chi connectivity index (χ0n) is 8.24. The van der Waals surface area contributed by atoms with E-state index in [2.05, 4.69) is 17.5 Å². The summed E-state index contributed by atoms with van der Waals surface area (Å²) >= 11 is 21.5. The molecule has 0 amide bonds. The van der Waals surface area contributed by atoms with Crippen LogP contribution in [0.2, 0.25) is 15.1 Å². The fourth-order valence-electron chi connectivity index (χ4n) is 1.01. The monoisotopic (exact) mass is 354 g/mol. The topological polar surface area (TPSA) is 38.0 Å². The van der Waals surface area contributed by atoms with Gasteiger partial charge in [0.2, 0.25) is 0 Å². The number of nitrogens with two attached hydrogens (primary N) is 1. The maximum absolute atomic E-state index is 12.3. The lowest BCUT2D eigenvalue weighted by Gasteiger charge is -2.14. The summed E-state index contributed by atoms with van der Waals surface area (Å²) in [5.74, 6) is 0. The fourth-order valence-corrected chi connectivity index (χ4v) is 2.67. The molecular weight excluding hydrogens is 352 g/mol. The highest BCUT2D eigenvalue weighted by atomic mass is 35.5. The van der Waals surface area contributed by atoms with Crippen molar-refractivity contribution in [2.24, 2.45) is 5.73 Å². The Labute approximate surface area is 125 Å². The molecule has 18 heavy (non-hydrogen) atoms. The van der Waals surface area contributed by atoms with E-state index < -0.39 is 17.3 Å². The molecule has 0 saturated heterocycles. The van der Waals surface area contributed by atoms with Crippen LogP contribution in [-0.2, 0) is 0 Å². The lowest BCUT2D eigenvalue weighted by molar-refractivity contribution is -0.0328. The molecule has 0 aromatic heterocycles. The smallest absolute Gasteiger partial charge is 0.376 e. The molecule has 10 heteroatoms. The molecule has 1 aromatic rings. The number of hydrogen-bond donors (Lipinski definition) is 2. The molecule has 0 fully saturated rings. The summed E-state index contributed by atoms with van der Waals surface area (Å²) in [7, 11) is 0. The van der Waals surface area contributed by atoms with Crippen LogP contribution >= 0.6 is 58.8 Å². The summed E-state index contributed by atoms with van der Waals surface area (Å²) in [4.78, 5) is -0.298. The van der Waals surface area contributed by atoms with Crippen molar-refractivity contribution in [3.8, 4) is 0 Å². The Balaban J connectivity index is 3.24. The second-order valence-electron chi connectivity index (χ2n) is 2.90. The molecule has 0 spiro atoms. The molecule has 0 unspecified atom stereocenters. The molecule has 0 heterocycles. The Morgan fingerprint density at radius 2 is 1.83 bits per heavy atom. The maximum Gasteiger partial charge on any atom is 0.446 e. The Morgan fingerprint density at radius 3 is 2.28 bits per heavy atom. The van der Waals surface area contributed by atoms with Gasteiger partial charge < -0.3 is 11.1 Å². The van der Waals surface area contributed by atoms with Crippen LogP contribution in [0.4, 0.5) is 18.9 Å². The number of hydrogen-bond acceptors (Lipinski definition) is 2. The minimum absolute atomic E-state index is 0.0658. The number of rotatable bonds is 2. The molecule has 0 aliphatic carbocycles. The summed E-state index contributed by atoms with van der Waals surface area (Å²) in [5, 5.41) is 1.79. The van der Waals surface area contributed by atoms with Crippen molar-refractivity contribution >= 4 is 69.6 Å². The van der Waals surface area contributed by atoms with Gasteiger partial charge in [-0.25, -0.2) is 0 Å². The van der Waals surface area contributed by atoms with Gasteiger partial charge in [0.05, 0.1) is 20.8 Å². The first-order valence-electron chi connectivity index (χ1n) is 4.11. The van der Waals surface area contributed by atoms with Gasteiger partial charge in [0.1, 0.15) is 0 Å². The van der Waals surface area contributed by atoms with Crippen LogP contribution in [0, 0.1) is 0 Å². The summed E-state index contributed by atoms with van der Waals surface area (Å²) in [6.45, 7) is 0. The molecule has 100 valence electrons. The van der Waals surface area contributed by atoms with E-state index in [-0.39, 0.29) is 30.8 Å². The van der Waals surface area contributed by atoms with Crippen LogP contribution in [0.1, 0.15) is 0 Å². The number of halogens is 6. The quantitative estimate of drug-likeness (QED) is 0.449. The molecule has 3 N–H and O–H groups in total. The van der Waals surface area contributed by atoms with Crippen LogP contribution in [-0.4, -0.2) is 10.6 Å². The molecule has 0 aliphatic heterocycles. The fraction of sp³-hybridized carbons (Fsp3) is 0.125. The first-order chi connectivity index (χ1) is 8.11. The Hall–Kier alpha value is -0.0800. The minimum atomic E-state index is -4.49. The zero-order chi connectivity index (χ0) is 14.1. The highest BCUT2D eigenvalue weighted by Crippen LogP contribution is 2.47. The normalized spacial score (nSPS) is 11.4. The highest BCUT2D eigenvalue weighted by Gasteiger charge is 2.31. The highest BCUT2D eigenvalue weighted by molar-refractivity contribution is 8.00. The minimum Gasteiger partial charge on any atom is -0.376 e. The molecule has 0 radical (unpaired) electrons. The van der Waals surface area contributed by atoms with E-state index in [4.69, 9.17) is 40.5 Å². The van der Waals surface area contributed by atoms with Gasteiger partial charge in [0, 0.05) is 4.90 Å². The summed E-state index contributed by atoms with van der Waals surface area (Å²) < 4.78 is 36.8. The molecule has 0 saturated carbocycles. The van der Waals surface area contributed by atoms with Crippen LogP contribution in [0.5, 0.6) is 0 Å². The number of nitrogens with one attached hydrogen (secondary N) is 1. The third-order valence-electron chi connectivity index (χ3n) is 1.60. The van der Waals surface area contributed by atoms with Gasteiger partial charge in [-0.2, -0.15) is 13.2 Å². The van der Waals surface area contributed by atoms with Gasteiger partial charge in [0.25, 0.3) is 0 Å². The van der Waals surface area contributed by atoms with Crippen molar-refractivity contribution in [2.75, 3.05) is 5.32 Å². The molecular formula is C8H4Cl3F3N2S2. The van der Waals surface area contributed by atoms with E-state index in [1.165, 1.54) is 0 Å². The number of alkyl halides is 3. The largest absolute Gasteiger partial charge is 0.446 e. The Kier molecular flexibility index (Phi) is 5.25. The third kappa shape index (κ3) is 4.24. The van der Waals surface area contributed by atoms with Crippen LogP contribution in [0.15, 0.2) is 11.0 Å². The molecule has 0 bridgehead atoms. The van der Waals surface area contributed by atoms with Crippen LogP contribution in [0.3, 0.4) is 0 Å². The molecule has 2 nitrogen and oxygen atoms in total. The second kappa shape index (κ2) is 5.92. The van der Waals surface area contributed by atoms with E-state index in [1.807, 2.05) is 0 Å². The first-order valence-corrected chi connectivity index (χ1v) is 6.47. The number of anilines is 1. The summed E-state index contributed by atoms with van der Waals surface area (Å²) in [6, 6.07) is 1.04. The maximum atomic E-state index is 12.3. The molecule has 1 aromatic carbocycles. The van der Waals surface area contributed by atoms with E-state index in [0.717, 1.165) is 6.07 Å². The van der Waals surface area contributed by atoms with Gasteiger partial charge in [0.15, 0.2) is 5.11 Å². The van der Waals surface area contributed by atoms with Gasteiger partial charge in [-0.05, 0) is 30.0 Å². The van der Waals surface area contributed by atoms with Crippen molar-refractivity contribution in [2.45, 2.75) is 10.4 Å². The van der Waals surface area contributed by atoms with Crippen molar-refractivity contribution in [3.05, 3.63) is 21.1 Å². The average molecular weight is 356 g/mol. The predicted octanol–water partition coefficient (Wildman–Crippen LogP) is 4.91. The second-order valence-corrected chi connectivity index (χ2v) is 5.61. The lowest BCUT2D eigenvalue weighted by atomic mass is 10.3. The van der Waals surface area contributed by atoms with Crippen molar-refractivity contribution in [3.63, 3.8) is 0 Å². The summed E-state index contributed by atoms with van der Waals surface area (Å²) in [6.07, 6.45) is 0. The Bertz CT molecular complexity index is 493. The predicted molar refractivity (Wildman–Crippen MR) is 73.8 cm³/mol. The van der Waals surface area contributed by atoms with Gasteiger partial charge in [-0.3, -0.25) is 0 Å². The van der Waals surface area contributed by atoms with Gasteiger partial charge in [-0.1, -0.05) is 34.8 Å². The van der Waals surface area contributed by atoms with Crippen molar-refractivity contribution in [1.29, 1.82) is 0 Å². The zero-order valence-corrected chi connectivity index (χ0v) is 12.1. The van der Waals surface area contributed by atoms with Crippen LogP contribution < -0.4 is 11.1 Å². The first kappa shape index (κ1) is 16.0. The van der Waals surface area contributed by atoms with E-state index >= 15 is 0 Å². The lowest BCUT2D eigenvalue weighted by Crippen LogP contribution is -2.19. The van der Waals surface area contributed by atoms with E-state index in [0.29, 0.717) is 0 Å². The van der Waals surface area contributed by atoms with Gasteiger partial charge in [-0.15, -0.1) is 0 Å². The molecule has 0 aliphatic rings. The average Bonchev–Trinajstić information content (AvgIpc) is 2.18. The standard InChI is InChI=1S/C8H4Cl3F3N2S2/c9-2-1-3(18-8(12,13)14)4(10)5(11)6(2)16-7(15)17/h1H,(H3,15,16,17). The van der Waals surface area contributed by atoms with Crippen LogP contribution in [0.25, 0.3) is 0 Å². The van der Waals surface area contributed by atoms with E-state index in [1.54, 1.807) is 0 Å². The summed E-state index contributed by atoms with van der Waals surface area (Å²) in [5.41, 5.74) is 0.807. The number of benzene rings is 1. The number of thiocarbonyl (C=S) groups is 1. The molecule has 1 rings (SSSR count).